The van der Waals surface area contributed by atoms with Gasteiger partial charge in [-0.1, -0.05) is 297 Å². The molecule has 0 saturated heterocycles. The minimum atomic E-state index is -0.771. The number of carboxylic acids is 1. The first kappa shape index (κ1) is 85.0. The van der Waals surface area contributed by atoms with Crippen molar-refractivity contribution >= 4 is 11.7 Å². The lowest BCUT2D eigenvalue weighted by Gasteiger charge is -2.47. The van der Waals surface area contributed by atoms with Gasteiger partial charge in [0.1, 0.15) is 28.6 Å². The molecule has 5 N–H and O–H groups in total. The molecule has 0 fully saturated rings. The van der Waals surface area contributed by atoms with Crippen LogP contribution in [0.3, 0.4) is 0 Å². The molecule has 9 heteroatoms. The first-order chi connectivity index (χ1) is 44.4. The lowest BCUT2D eigenvalue weighted by molar-refractivity contribution is -0.142. The quantitative estimate of drug-likeness (QED) is 0.0307. The molecule has 0 aromatic heterocycles. The van der Waals surface area contributed by atoms with Crippen LogP contribution in [0.25, 0.3) is 0 Å². The fourth-order valence-corrected chi connectivity index (χ4v) is 14.1. The standard InChI is InChI=1S/C35H62O3.C22H32O3.C16H26O.C14H21NO/c1-8-9-10-11-12-13-14-15-16-17-18-19-20-21-22-23-24-29(33(37)38)25-28-26-30(34(2,3)4)32(36)31(27-28)35(5,6)7;1-20(2,3)18-16(23)13-14-22(25-8,19(18)21(4,5)6)15-11-9-10-12-17(15)24-7;1-8-11-9-12(15(2,3)4)14(17)13(10-11)16(5,6)7;1-5-16-11-6-7-13-12(8-11)10(2)9-14(3,4)15-13/h26-27,29,36H,8-25H2,1-7H3,(H,37,38);9-14,16,23H,1-8H3;9-10,17H,8H2,1-7H3;6-8,10,15H,5,9H2,1-4H3. The van der Waals surface area contributed by atoms with Gasteiger partial charge in [0.05, 0.1) is 25.7 Å². The number of aryl methyl sites for hydroxylation is 1. The van der Waals surface area contributed by atoms with Gasteiger partial charge in [-0.25, -0.2) is 0 Å². The van der Waals surface area contributed by atoms with Crippen LogP contribution < -0.4 is 14.8 Å². The Bertz CT molecular complexity index is 2990. The molecule has 1 aliphatic heterocycles. The van der Waals surface area contributed by atoms with Gasteiger partial charge in [0.2, 0.25) is 0 Å². The van der Waals surface area contributed by atoms with Crippen molar-refractivity contribution in [3.63, 3.8) is 0 Å². The van der Waals surface area contributed by atoms with E-state index in [1.807, 2.05) is 61.5 Å². The van der Waals surface area contributed by atoms with E-state index in [1.165, 1.54) is 107 Å². The lowest BCUT2D eigenvalue weighted by Crippen LogP contribution is -2.43. The number of para-hydroxylation sites is 1. The Kier molecular flexibility index (Phi) is 33.0. The third-order valence-electron chi connectivity index (χ3n) is 19.2. The van der Waals surface area contributed by atoms with E-state index in [0.717, 1.165) is 94.7 Å². The number of carboxylic acid groups (broad SMARTS) is 1. The number of hydrogen-bond donors (Lipinski definition) is 5. The number of aliphatic hydroxyl groups is 1. The van der Waals surface area contributed by atoms with Crippen LogP contribution in [0.4, 0.5) is 5.69 Å². The average molecular weight is 1330 g/mol. The summed E-state index contributed by atoms with van der Waals surface area (Å²) in [6, 6.07) is 22.7. The van der Waals surface area contributed by atoms with Crippen molar-refractivity contribution in [1.29, 1.82) is 0 Å². The molecule has 0 bridgehead atoms. The van der Waals surface area contributed by atoms with Gasteiger partial charge >= 0.3 is 5.97 Å². The fourth-order valence-electron chi connectivity index (χ4n) is 14.1. The molecule has 1 aliphatic carbocycles. The zero-order chi connectivity index (χ0) is 72.8. The fraction of sp³-hybridized carbons (Fsp3) is 0.667. The summed E-state index contributed by atoms with van der Waals surface area (Å²) in [5, 5.41) is 45.8. The highest BCUT2D eigenvalue weighted by Gasteiger charge is 2.48. The molecular weight excluding hydrogens is 1190 g/mol. The molecule has 4 unspecified atom stereocenters. The smallest absolute Gasteiger partial charge is 0.306 e. The number of carbonyl (C=O) groups is 1. The van der Waals surface area contributed by atoms with Crippen LogP contribution in [0.1, 0.15) is 332 Å². The highest BCUT2D eigenvalue weighted by atomic mass is 16.5. The van der Waals surface area contributed by atoms with Crippen molar-refractivity contribution in [3.05, 3.63) is 135 Å². The number of aliphatic hydroxyl groups excluding tert-OH is 1. The molecule has 542 valence electrons. The van der Waals surface area contributed by atoms with Gasteiger partial charge in [0.25, 0.3) is 0 Å². The first-order valence-corrected chi connectivity index (χ1v) is 37.3. The number of nitrogens with one attached hydrogen (secondary N) is 1. The maximum absolute atomic E-state index is 12.1. The molecule has 0 spiro atoms. The second kappa shape index (κ2) is 37.3. The maximum Gasteiger partial charge on any atom is 0.306 e. The average Bonchev–Trinajstić information content (AvgIpc) is 0.725. The zero-order valence-corrected chi connectivity index (χ0v) is 66.0. The zero-order valence-electron chi connectivity index (χ0n) is 66.0. The minimum absolute atomic E-state index is 0.0186. The highest BCUT2D eigenvalue weighted by molar-refractivity contribution is 5.70. The summed E-state index contributed by atoms with van der Waals surface area (Å²) in [6.07, 6.45) is 27.9. The maximum atomic E-state index is 12.1. The Hall–Kier alpha value is -5.25. The van der Waals surface area contributed by atoms with Gasteiger partial charge in [0, 0.05) is 23.9 Å². The van der Waals surface area contributed by atoms with Gasteiger partial charge in [-0.05, 0) is 165 Å². The summed E-state index contributed by atoms with van der Waals surface area (Å²) in [5.74, 6) is 2.11. The number of aromatic hydroxyl groups is 2. The molecule has 1 heterocycles. The molecule has 96 heavy (non-hydrogen) atoms. The highest BCUT2D eigenvalue weighted by Crippen LogP contribution is 2.54. The van der Waals surface area contributed by atoms with E-state index in [0.29, 0.717) is 23.8 Å². The Balaban J connectivity index is 0.000000355. The van der Waals surface area contributed by atoms with Crippen molar-refractivity contribution in [2.75, 3.05) is 26.1 Å². The molecule has 9 nitrogen and oxygen atoms in total. The normalized spacial score (nSPS) is 17.6. The van der Waals surface area contributed by atoms with Crippen molar-refractivity contribution in [3.8, 4) is 23.0 Å². The Morgan fingerprint density at radius 3 is 1.41 bits per heavy atom. The van der Waals surface area contributed by atoms with Crippen LogP contribution in [-0.4, -0.2) is 58.9 Å². The van der Waals surface area contributed by atoms with E-state index in [2.05, 4.69) is 189 Å². The van der Waals surface area contributed by atoms with E-state index in [-0.39, 0.29) is 43.9 Å². The Morgan fingerprint density at radius 2 is 1.02 bits per heavy atom. The molecule has 0 radical (unpaired) electrons. The van der Waals surface area contributed by atoms with E-state index in [1.54, 1.807) is 14.2 Å². The lowest BCUT2D eigenvalue weighted by atomic mass is 9.63. The summed E-state index contributed by atoms with van der Waals surface area (Å²) in [6.45, 7) is 52.4. The Labute approximate surface area is 587 Å². The molecule has 4 aromatic carbocycles. The molecule has 0 amide bonds. The van der Waals surface area contributed by atoms with E-state index in [4.69, 9.17) is 14.2 Å². The molecule has 6 rings (SSSR count). The van der Waals surface area contributed by atoms with Crippen molar-refractivity contribution in [2.45, 2.75) is 339 Å². The molecule has 0 saturated carbocycles. The van der Waals surface area contributed by atoms with E-state index < -0.39 is 17.7 Å². The van der Waals surface area contributed by atoms with Crippen molar-refractivity contribution < 1.29 is 39.4 Å². The number of aliphatic carboxylic acids is 1. The topological polar surface area (TPSA) is 138 Å². The number of fused-ring (bicyclic) bond motifs is 1. The van der Waals surface area contributed by atoms with Gasteiger partial charge in [0.15, 0.2) is 0 Å². The van der Waals surface area contributed by atoms with Gasteiger partial charge in [-0.3, -0.25) is 4.79 Å². The van der Waals surface area contributed by atoms with Gasteiger partial charge in [-0.15, -0.1) is 0 Å². The van der Waals surface area contributed by atoms with Crippen LogP contribution in [-0.2, 0) is 49.6 Å². The van der Waals surface area contributed by atoms with Crippen LogP contribution in [0.5, 0.6) is 23.0 Å². The van der Waals surface area contributed by atoms with Gasteiger partial charge in [-0.2, -0.15) is 0 Å². The van der Waals surface area contributed by atoms with Crippen LogP contribution in [0.2, 0.25) is 0 Å². The van der Waals surface area contributed by atoms with Crippen LogP contribution >= 0.6 is 0 Å². The van der Waals surface area contributed by atoms with Crippen molar-refractivity contribution in [1.82, 2.24) is 0 Å². The summed E-state index contributed by atoms with van der Waals surface area (Å²) < 4.78 is 17.4. The van der Waals surface area contributed by atoms with E-state index >= 15 is 0 Å². The summed E-state index contributed by atoms with van der Waals surface area (Å²) in [4.78, 5) is 12.1. The molecule has 4 atom stereocenters. The molecular formula is C87H141NO8. The van der Waals surface area contributed by atoms with Crippen LogP contribution in [0, 0.1) is 16.7 Å². The number of phenolic OH excluding ortho intramolecular Hbond substituents is 2. The predicted molar refractivity (Wildman–Crippen MR) is 410 cm³/mol. The number of anilines is 1. The second-order valence-electron chi connectivity index (χ2n) is 34.8. The monoisotopic (exact) mass is 1330 g/mol. The largest absolute Gasteiger partial charge is 0.507 e. The summed E-state index contributed by atoms with van der Waals surface area (Å²) in [5.41, 5.74) is 10.5. The number of unbranched alkanes of at least 4 members (excludes halogenated alkanes) is 15. The number of methoxy groups -OCH3 is 2. The van der Waals surface area contributed by atoms with Crippen LogP contribution in [0.15, 0.2) is 90.0 Å². The summed E-state index contributed by atoms with van der Waals surface area (Å²) in [7, 11) is 3.40. The predicted octanol–water partition coefficient (Wildman–Crippen LogP) is 24.1. The number of rotatable bonds is 26. The summed E-state index contributed by atoms with van der Waals surface area (Å²) >= 11 is 0. The minimum Gasteiger partial charge on any atom is -0.507 e. The molecule has 4 aromatic rings. The molecule has 2 aliphatic rings. The van der Waals surface area contributed by atoms with Crippen molar-refractivity contribution in [2.24, 2.45) is 16.7 Å². The first-order valence-electron chi connectivity index (χ1n) is 37.3. The number of benzene rings is 4. The third-order valence-corrected chi connectivity index (χ3v) is 19.2. The Morgan fingerprint density at radius 1 is 0.583 bits per heavy atom. The number of hydrogen-bond acceptors (Lipinski definition) is 8. The SMILES string of the molecule is CCCCCCCCCCCCCCCCCCC(Cc1cc(C(C)(C)C)c(O)c(C(C)(C)C)c1)C(=O)O.CCOc1ccc2c(c1)C(C)CC(C)(C)N2.CCc1cc(C(C)(C)C)c(O)c(C(C)(C)C)c1.COc1ccccc1C1(OC)C=CC(O)C(C(C)(C)C)=C1C(C)(C)C. The number of phenols is 2. The van der Waals surface area contributed by atoms with E-state index in [9.17, 15) is 25.2 Å². The van der Waals surface area contributed by atoms with Gasteiger partial charge < -0.3 is 40.0 Å². The third kappa shape index (κ3) is 25.8. The second-order valence-corrected chi connectivity index (χ2v) is 34.8. The number of ether oxygens (including phenoxy) is 3.